The Morgan fingerprint density at radius 1 is 1.08 bits per heavy atom. The van der Waals surface area contributed by atoms with E-state index in [1.54, 1.807) is 12.1 Å². The van der Waals surface area contributed by atoms with Crippen LogP contribution in [0.25, 0.3) is 0 Å². The average molecular weight is 404 g/mol. The molecule has 0 saturated carbocycles. The van der Waals surface area contributed by atoms with Gasteiger partial charge in [0.05, 0.1) is 0 Å². The molecule has 0 bridgehead atoms. The molecule has 0 aliphatic carbocycles. The highest BCUT2D eigenvalue weighted by Gasteiger charge is 2.23. The van der Waals surface area contributed by atoms with Crippen molar-refractivity contribution >= 4 is 27.7 Å². The summed E-state index contributed by atoms with van der Waals surface area (Å²) >= 11 is 3.34. The minimum Gasteiger partial charge on any atom is -0.352 e. The van der Waals surface area contributed by atoms with E-state index in [0.717, 1.165) is 30.4 Å². The quantitative estimate of drug-likeness (QED) is 0.832. The van der Waals surface area contributed by atoms with Crippen LogP contribution in [0.4, 0.5) is 0 Å². The molecule has 2 amide bonds. The Bertz CT molecular complexity index is 705. The second kappa shape index (κ2) is 8.34. The number of benzene rings is 1. The fourth-order valence-electron chi connectivity index (χ4n) is 3.15. The predicted octanol–water partition coefficient (Wildman–Crippen LogP) is 3.23. The van der Waals surface area contributed by atoms with Crippen molar-refractivity contribution in [3.8, 4) is 0 Å². The number of likely N-dealkylation sites (tertiary alicyclic amines) is 1. The van der Waals surface area contributed by atoms with E-state index in [0.29, 0.717) is 24.6 Å². The number of piperidine rings is 1. The van der Waals surface area contributed by atoms with Gasteiger partial charge >= 0.3 is 0 Å². The molecule has 1 aromatic carbocycles. The standard InChI is InChI=1S/C19H22BrN3O2/c20-16-5-3-15(4-6-16)19(25)21-10-7-18(24)23-13-8-17(9-14-23)22-11-1-2-12-22/h1-6,11-12,17H,7-10,13-14H2,(H,21,25). The molecule has 1 aliphatic rings. The molecule has 1 saturated heterocycles. The number of carbonyl (C=O) groups excluding carboxylic acids is 2. The van der Waals surface area contributed by atoms with Gasteiger partial charge in [-0.2, -0.15) is 0 Å². The number of carbonyl (C=O) groups is 2. The largest absolute Gasteiger partial charge is 0.352 e. The summed E-state index contributed by atoms with van der Waals surface area (Å²) in [6, 6.07) is 11.7. The Balaban J connectivity index is 1.39. The van der Waals surface area contributed by atoms with Crippen molar-refractivity contribution in [3.63, 3.8) is 0 Å². The normalized spacial score (nSPS) is 15.2. The van der Waals surface area contributed by atoms with E-state index in [9.17, 15) is 9.59 Å². The lowest BCUT2D eigenvalue weighted by Gasteiger charge is -2.33. The molecule has 1 N–H and O–H groups in total. The highest BCUT2D eigenvalue weighted by atomic mass is 79.9. The van der Waals surface area contributed by atoms with Gasteiger partial charge in [-0.15, -0.1) is 0 Å². The number of halogens is 1. The van der Waals surface area contributed by atoms with Crippen molar-refractivity contribution in [2.75, 3.05) is 19.6 Å². The Morgan fingerprint density at radius 3 is 2.36 bits per heavy atom. The number of aromatic nitrogens is 1. The smallest absolute Gasteiger partial charge is 0.251 e. The maximum absolute atomic E-state index is 12.3. The third-order valence-electron chi connectivity index (χ3n) is 4.60. The molecule has 2 heterocycles. The van der Waals surface area contributed by atoms with Crippen LogP contribution in [-0.2, 0) is 4.79 Å². The maximum atomic E-state index is 12.3. The first-order valence-electron chi connectivity index (χ1n) is 8.57. The van der Waals surface area contributed by atoms with Crippen LogP contribution in [0, 0.1) is 0 Å². The topological polar surface area (TPSA) is 54.3 Å². The number of nitrogens with one attached hydrogen (secondary N) is 1. The molecule has 0 atom stereocenters. The predicted molar refractivity (Wildman–Crippen MR) is 100 cm³/mol. The number of amides is 2. The van der Waals surface area contributed by atoms with Crippen LogP contribution in [0.5, 0.6) is 0 Å². The lowest BCUT2D eigenvalue weighted by Crippen LogP contribution is -2.40. The van der Waals surface area contributed by atoms with E-state index in [4.69, 9.17) is 0 Å². The van der Waals surface area contributed by atoms with Gasteiger partial charge in [0.25, 0.3) is 5.91 Å². The molecule has 5 nitrogen and oxygen atoms in total. The molecule has 0 radical (unpaired) electrons. The summed E-state index contributed by atoms with van der Waals surface area (Å²) in [7, 11) is 0. The number of nitrogens with zero attached hydrogens (tertiary/aromatic N) is 2. The monoisotopic (exact) mass is 403 g/mol. The first-order valence-corrected chi connectivity index (χ1v) is 9.37. The average Bonchev–Trinajstić information content (AvgIpc) is 3.17. The van der Waals surface area contributed by atoms with Gasteiger partial charge in [-0.1, -0.05) is 15.9 Å². The first kappa shape index (κ1) is 17.7. The number of hydrogen-bond acceptors (Lipinski definition) is 2. The van der Waals surface area contributed by atoms with Crippen LogP contribution in [0.2, 0.25) is 0 Å². The van der Waals surface area contributed by atoms with E-state index in [-0.39, 0.29) is 11.8 Å². The third kappa shape index (κ3) is 4.72. The highest BCUT2D eigenvalue weighted by molar-refractivity contribution is 9.10. The number of rotatable bonds is 5. The van der Waals surface area contributed by atoms with E-state index in [2.05, 4.69) is 38.2 Å². The van der Waals surface area contributed by atoms with Gasteiger partial charge in [-0.3, -0.25) is 9.59 Å². The Hall–Kier alpha value is -2.08. The zero-order chi connectivity index (χ0) is 17.6. The third-order valence-corrected chi connectivity index (χ3v) is 5.13. The zero-order valence-electron chi connectivity index (χ0n) is 14.0. The summed E-state index contributed by atoms with van der Waals surface area (Å²) in [4.78, 5) is 26.3. The lowest BCUT2D eigenvalue weighted by atomic mass is 10.0. The summed E-state index contributed by atoms with van der Waals surface area (Å²) in [5, 5.41) is 2.81. The fourth-order valence-corrected chi connectivity index (χ4v) is 3.41. The Morgan fingerprint density at radius 2 is 1.72 bits per heavy atom. The van der Waals surface area contributed by atoms with Crippen LogP contribution < -0.4 is 5.32 Å². The first-order chi connectivity index (χ1) is 12.1. The molecule has 132 valence electrons. The summed E-state index contributed by atoms with van der Waals surface area (Å²) in [6.45, 7) is 1.93. The van der Waals surface area contributed by atoms with Gasteiger partial charge in [0.1, 0.15) is 0 Å². The van der Waals surface area contributed by atoms with Crippen LogP contribution in [-0.4, -0.2) is 40.9 Å². The molecule has 0 unspecified atom stereocenters. The van der Waals surface area contributed by atoms with Crippen molar-refractivity contribution in [1.29, 1.82) is 0 Å². The van der Waals surface area contributed by atoms with Gasteiger partial charge in [-0.25, -0.2) is 0 Å². The van der Waals surface area contributed by atoms with Gasteiger partial charge in [-0.05, 0) is 49.2 Å². The SMILES string of the molecule is O=C(NCCC(=O)N1CCC(n2cccc2)CC1)c1ccc(Br)cc1. The lowest BCUT2D eigenvalue weighted by molar-refractivity contribution is -0.132. The second-order valence-corrected chi connectivity index (χ2v) is 7.17. The highest BCUT2D eigenvalue weighted by Crippen LogP contribution is 2.22. The fraction of sp³-hybridized carbons (Fsp3) is 0.368. The summed E-state index contributed by atoms with van der Waals surface area (Å²) in [6.07, 6.45) is 6.47. The van der Waals surface area contributed by atoms with Crippen molar-refractivity contribution in [2.45, 2.75) is 25.3 Å². The van der Waals surface area contributed by atoms with Gasteiger partial charge in [0, 0.05) is 54.5 Å². The summed E-state index contributed by atoms with van der Waals surface area (Å²) in [5.74, 6) is -0.0336. The molecule has 0 spiro atoms. The molecular weight excluding hydrogens is 382 g/mol. The maximum Gasteiger partial charge on any atom is 0.251 e. The molecule has 1 aliphatic heterocycles. The molecule has 1 aromatic heterocycles. The molecule has 2 aromatic rings. The van der Waals surface area contributed by atoms with Gasteiger partial charge < -0.3 is 14.8 Å². The van der Waals surface area contributed by atoms with Crippen LogP contribution in [0.1, 0.15) is 35.7 Å². The van der Waals surface area contributed by atoms with Crippen molar-refractivity contribution in [1.82, 2.24) is 14.8 Å². The van der Waals surface area contributed by atoms with Crippen molar-refractivity contribution < 1.29 is 9.59 Å². The van der Waals surface area contributed by atoms with Gasteiger partial charge in [0.2, 0.25) is 5.91 Å². The van der Waals surface area contributed by atoms with Crippen molar-refractivity contribution in [3.05, 3.63) is 58.8 Å². The molecular formula is C19H22BrN3O2. The molecule has 1 fully saturated rings. The van der Waals surface area contributed by atoms with E-state index >= 15 is 0 Å². The Labute approximate surface area is 156 Å². The van der Waals surface area contributed by atoms with Gasteiger partial charge in [0.15, 0.2) is 0 Å². The second-order valence-electron chi connectivity index (χ2n) is 6.26. The molecule has 6 heteroatoms. The minimum atomic E-state index is -0.147. The molecule has 3 rings (SSSR count). The Kier molecular flexibility index (Phi) is 5.91. The van der Waals surface area contributed by atoms with Crippen LogP contribution in [0.3, 0.4) is 0 Å². The number of hydrogen-bond donors (Lipinski definition) is 1. The van der Waals surface area contributed by atoms with E-state index < -0.39 is 0 Å². The van der Waals surface area contributed by atoms with Crippen molar-refractivity contribution in [2.24, 2.45) is 0 Å². The van der Waals surface area contributed by atoms with E-state index in [1.165, 1.54) is 0 Å². The molecule has 25 heavy (non-hydrogen) atoms. The van der Waals surface area contributed by atoms with E-state index in [1.807, 2.05) is 29.2 Å². The van der Waals surface area contributed by atoms with Crippen LogP contribution in [0.15, 0.2) is 53.3 Å². The zero-order valence-corrected chi connectivity index (χ0v) is 15.6. The summed E-state index contributed by atoms with van der Waals surface area (Å²) < 4.78 is 3.16. The summed E-state index contributed by atoms with van der Waals surface area (Å²) in [5.41, 5.74) is 0.600. The van der Waals surface area contributed by atoms with Crippen LogP contribution >= 0.6 is 15.9 Å². The minimum absolute atomic E-state index is 0.113.